The molecule has 3 N–H and O–H groups in total. The van der Waals surface area contributed by atoms with Crippen molar-refractivity contribution in [2.75, 3.05) is 38.0 Å². The van der Waals surface area contributed by atoms with Crippen molar-refractivity contribution in [2.45, 2.75) is 6.54 Å². The van der Waals surface area contributed by atoms with Crippen LogP contribution in [-0.2, 0) is 11.3 Å². The molecule has 0 bridgehead atoms. The van der Waals surface area contributed by atoms with Crippen LogP contribution in [0.5, 0.6) is 0 Å². The van der Waals surface area contributed by atoms with Crippen molar-refractivity contribution in [1.82, 2.24) is 9.80 Å². The van der Waals surface area contributed by atoms with Gasteiger partial charge in [0.05, 0.1) is 22.1 Å². The van der Waals surface area contributed by atoms with Gasteiger partial charge in [-0.3, -0.25) is 19.4 Å². The normalized spacial score (nSPS) is 15.7. The van der Waals surface area contributed by atoms with E-state index in [1.807, 2.05) is 6.07 Å². The summed E-state index contributed by atoms with van der Waals surface area (Å²) in [6.45, 7) is 4.64. The third kappa shape index (κ3) is 5.04. The number of para-hydroxylation sites is 1. The van der Waals surface area contributed by atoms with E-state index in [1.54, 1.807) is 35.6 Å². The monoisotopic (exact) mass is 392 g/mol. The molecule has 6 nitrogen and oxygen atoms in total. The van der Waals surface area contributed by atoms with E-state index in [0.29, 0.717) is 17.8 Å². The minimum absolute atomic E-state index is 0.141. The van der Waals surface area contributed by atoms with Gasteiger partial charge >= 0.3 is 0 Å². The van der Waals surface area contributed by atoms with Crippen LogP contribution >= 0.6 is 22.9 Å². The Morgan fingerprint density at radius 1 is 1.08 bits per heavy atom. The standard InChI is InChI=1S/C18H21ClN4O2S/c19-16-6-5-13(26-16)11-22-7-9-23(10-8-22)12-17(24)21-15-4-2-1-3-14(15)18(20)25/h1-6H,7-12H2,(H2,20,25)(H,21,24). The Morgan fingerprint density at radius 3 is 2.42 bits per heavy atom. The van der Waals surface area contributed by atoms with Gasteiger partial charge in [-0.05, 0) is 24.3 Å². The molecule has 0 saturated carbocycles. The molecule has 0 aliphatic carbocycles. The van der Waals surface area contributed by atoms with Crippen molar-refractivity contribution in [2.24, 2.45) is 5.73 Å². The maximum Gasteiger partial charge on any atom is 0.250 e. The fourth-order valence-electron chi connectivity index (χ4n) is 2.96. The minimum Gasteiger partial charge on any atom is -0.366 e. The first-order chi connectivity index (χ1) is 12.5. The van der Waals surface area contributed by atoms with Crippen molar-refractivity contribution in [3.63, 3.8) is 0 Å². The average Bonchev–Trinajstić information content (AvgIpc) is 3.02. The first-order valence-electron chi connectivity index (χ1n) is 8.39. The lowest BCUT2D eigenvalue weighted by Crippen LogP contribution is -2.48. The number of thiophene rings is 1. The zero-order valence-electron chi connectivity index (χ0n) is 14.3. The number of carbonyl (C=O) groups is 2. The lowest BCUT2D eigenvalue weighted by molar-refractivity contribution is -0.117. The number of hydrogen-bond acceptors (Lipinski definition) is 5. The zero-order chi connectivity index (χ0) is 18.5. The highest BCUT2D eigenvalue weighted by Crippen LogP contribution is 2.23. The van der Waals surface area contributed by atoms with E-state index in [4.69, 9.17) is 17.3 Å². The molecular formula is C18H21ClN4O2S. The van der Waals surface area contributed by atoms with Crippen molar-refractivity contribution < 1.29 is 9.59 Å². The van der Waals surface area contributed by atoms with Gasteiger partial charge in [-0.15, -0.1) is 11.3 Å². The Morgan fingerprint density at radius 2 is 1.77 bits per heavy atom. The summed E-state index contributed by atoms with van der Waals surface area (Å²) in [5, 5.41) is 2.78. The van der Waals surface area contributed by atoms with Gasteiger partial charge in [-0.2, -0.15) is 0 Å². The molecule has 1 aliphatic heterocycles. The molecule has 0 unspecified atom stereocenters. The molecule has 1 fully saturated rings. The summed E-state index contributed by atoms with van der Waals surface area (Å²) >= 11 is 7.58. The Balaban J connectivity index is 1.47. The summed E-state index contributed by atoms with van der Waals surface area (Å²) in [7, 11) is 0. The number of halogens is 1. The summed E-state index contributed by atoms with van der Waals surface area (Å²) in [5.74, 6) is -0.694. The number of rotatable bonds is 6. The predicted octanol–water partition coefficient (Wildman–Crippen LogP) is 2.26. The van der Waals surface area contributed by atoms with Crippen LogP contribution in [0.3, 0.4) is 0 Å². The van der Waals surface area contributed by atoms with E-state index in [2.05, 4.69) is 21.2 Å². The third-order valence-electron chi connectivity index (χ3n) is 4.31. The fraction of sp³-hybridized carbons (Fsp3) is 0.333. The van der Waals surface area contributed by atoms with Gasteiger partial charge in [0.25, 0.3) is 5.91 Å². The number of hydrogen-bond donors (Lipinski definition) is 2. The molecule has 2 heterocycles. The number of benzene rings is 1. The number of nitrogens with zero attached hydrogens (tertiary/aromatic N) is 2. The molecule has 138 valence electrons. The van der Waals surface area contributed by atoms with Crippen molar-refractivity contribution in [1.29, 1.82) is 0 Å². The lowest BCUT2D eigenvalue weighted by Gasteiger charge is -2.34. The Hall–Kier alpha value is -1.93. The highest BCUT2D eigenvalue weighted by molar-refractivity contribution is 7.16. The summed E-state index contributed by atoms with van der Waals surface area (Å²) in [6, 6.07) is 10.7. The summed E-state index contributed by atoms with van der Waals surface area (Å²) in [6.07, 6.45) is 0. The number of nitrogens with one attached hydrogen (secondary N) is 1. The molecule has 1 saturated heterocycles. The Labute approximate surface area is 161 Å². The first kappa shape index (κ1) is 18.8. The largest absolute Gasteiger partial charge is 0.366 e. The number of carbonyl (C=O) groups excluding carboxylic acids is 2. The van der Waals surface area contributed by atoms with Crippen LogP contribution in [0.2, 0.25) is 4.34 Å². The van der Waals surface area contributed by atoms with Crippen LogP contribution in [0, 0.1) is 0 Å². The molecule has 2 amide bonds. The second-order valence-electron chi connectivity index (χ2n) is 6.22. The molecule has 0 radical (unpaired) electrons. The number of amides is 2. The second-order valence-corrected chi connectivity index (χ2v) is 8.02. The molecule has 0 atom stereocenters. The molecule has 0 spiro atoms. The van der Waals surface area contributed by atoms with E-state index in [-0.39, 0.29) is 5.91 Å². The predicted molar refractivity (Wildman–Crippen MR) is 105 cm³/mol. The van der Waals surface area contributed by atoms with Crippen LogP contribution in [0.25, 0.3) is 0 Å². The van der Waals surface area contributed by atoms with Crippen LogP contribution < -0.4 is 11.1 Å². The van der Waals surface area contributed by atoms with E-state index < -0.39 is 5.91 Å². The second kappa shape index (κ2) is 8.64. The van der Waals surface area contributed by atoms with Gasteiger partial charge in [-0.25, -0.2) is 0 Å². The van der Waals surface area contributed by atoms with Gasteiger partial charge in [0.1, 0.15) is 0 Å². The SMILES string of the molecule is NC(=O)c1ccccc1NC(=O)CN1CCN(Cc2ccc(Cl)s2)CC1. The van der Waals surface area contributed by atoms with Gasteiger partial charge in [0, 0.05) is 37.6 Å². The van der Waals surface area contributed by atoms with Gasteiger partial charge in [0.2, 0.25) is 5.91 Å². The average molecular weight is 393 g/mol. The van der Waals surface area contributed by atoms with Crippen LogP contribution in [0.4, 0.5) is 5.69 Å². The molecule has 3 rings (SSSR count). The van der Waals surface area contributed by atoms with Crippen LogP contribution in [0.1, 0.15) is 15.2 Å². The quantitative estimate of drug-likeness (QED) is 0.790. The molecular weight excluding hydrogens is 372 g/mol. The smallest absolute Gasteiger partial charge is 0.250 e. The molecule has 2 aromatic rings. The number of piperazine rings is 1. The van der Waals surface area contributed by atoms with Gasteiger partial charge < -0.3 is 11.1 Å². The van der Waals surface area contributed by atoms with E-state index >= 15 is 0 Å². The fourth-order valence-corrected chi connectivity index (χ4v) is 4.09. The highest BCUT2D eigenvalue weighted by atomic mass is 35.5. The Bertz CT molecular complexity index is 787. The minimum atomic E-state index is -0.553. The Kier molecular flexibility index (Phi) is 6.26. The van der Waals surface area contributed by atoms with Crippen molar-refractivity contribution >= 4 is 40.4 Å². The van der Waals surface area contributed by atoms with Crippen molar-refractivity contribution in [3.05, 3.63) is 51.2 Å². The highest BCUT2D eigenvalue weighted by Gasteiger charge is 2.20. The summed E-state index contributed by atoms with van der Waals surface area (Å²) in [5.41, 5.74) is 6.12. The van der Waals surface area contributed by atoms with E-state index in [1.165, 1.54) is 4.88 Å². The number of nitrogens with two attached hydrogens (primary N) is 1. The topological polar surface area (TPSA) is 78.7 Å². The molecule has 26 heavy (non-hydrogen) atoms. The third-order valence-corrected chi connectivity index (χ3v) is 5.52. The maximum absolute atomic E-state index is 12.3. The first-order valence-corrected chi connectivity index (χ1v) is 9.58. The zero-order valence-corrected chi connectivity index (χ0v) is 15.9. The van der Waals surface area contributed by atoms with Gasteiger partial charge in [-0.1, -0.05) is 23.7 Å². The van der Waals surface area contributed by atoms with Gasteiger partial charge in [0.15, 0.2) is 0 Å². The summed E-state index contributed by atoms with van der Waals surface area (Å²) < 4.78 is 0.812. The maximum atomic E-state index is 12.3. The number of anilines is 1. The molecule has 1 aromatic carbocycles. The number of primary amides is 1. The molecule has 1 aromatic heterocycles. The van der Waals surface area contributed by atoms with Crippen LogP contribution in [-0.4, -0.2) is 54.3 Å². The molecule has 8 heteroatoms. The molecule has 1 aliphatic rings. The van der Waals surface area contributed by atoms with Crippen LogP contribution in [0.15, 0.2) is 36.4 Å². The van der Waals surface area contributed by atoms with E-state index in [9.17, 15) is 9.59 Å². The summed E-state index contributed by atoms with van der Waals surface area (Å²) in [4.78, 5) is 29.5. The van der Waals surface area contributed by atoms with Crippen molar-refractivity contribution in [3.8, 4) is 0 Å². The van der Waals surface area contributed by atoms with E-state index in [0.717, 1.165) is 37.1 Å². The lowest BCUT2D eigenvalue weighted by atomic mass is 10.1.